The van der Waals surface area contributed by atoms with Crippen LogP contribution in [0.5, 0.6) is 0 Å². The van der Waals surface area contributed by atoms with E-state index < -0.39 is 0 Å². The first-order chi connectivity index (χ1) is 22.8. The minimum Gasteiger partial charge on any atom is -0.456 e. The highest BCUT2D eigenvalue weighted by Gasteiger charge is 2.21. The minimum atomic E-state index is 0.881. The van der Waals surface area contributed by atoms with Gasteiger partial charge in [0.1, 0.15) is 11.2 Å². The second-order valence-electron chi connectivity index (χ2n) is 11.7. The van der Waals surface area contributed by atoms with Gasteiger partial charge in [0.15, 0.2) is 0 Å². The molecule has 0 aliphatic heterocycles. The molecule has 46 heavy (non-hydrogen) atoms. The van der Waals surface area contributed by atoms with Crippen LogP contribution < -0.4 is 4.90 Å². The Morgan fingerprint density at radius 3 is 1.50 bits per heavy atom. The largest absolute Gasteiger partial charge is 0.456 e. The summed E-state index contributed by atoms with van der Waals surface area (Å²) in [5.74, 6) is 0. The van der Waals surface area contributed by atoms with Gasteiger partial charge in [-0.15, -0.1) is 0 Å². The molecule has 9 rings (SSSR count). The van der Waals surface area contributed by atoms with Crippen LogP contribution in [0, 0.1) is 0 Å². The molecule has 0 radical (unpaired) electrons. The van der Waals surface area contributed by atoms with Crippen LogP contribution in [-0.2, 0) is 0 Å². The summed E-state index contributed by atoms with van der Waals surface area (Å²) in [6, 6.07) is 62.6. The van der Waals surface area contributed by atoms with Gasteiger partial charge >= 0.3 is 0 Å². The Bertz CT molecular complexity index is 2410. The summed E-state index contributed by atoms with van der Waals surface area (Å²) in [6.07, 6.45) is 0. The zero-order valence-corrected chi connectivity index (χ0v) is 25.1. The van der Waals surface area contributed by atoms with Crippen molar-refractivity contribution in [3.8, 4) is 22.3 Å². The Balaban J connectivity index is 1.32. The number of benzene rings is 8. The van der Waals surface area contributed by atoms with E-state index >= 15 is 0 Å². The van der Waals surface area contributed by atoms with E-state index in [9.17, 15) is 0 Å². The number of hydrogen-bond donors (Lipinski definition) is 0. The van der Waals surface area contributed by atoms with Crippen molar-refractivity contribution in [1.29, 1.82) is 0 Å². The molecular weight excluding hydrogens is 558 g/mol. The van der Waals surface area contributed by atoms with Gasteiger partial charge in [-0.25, -0.2) is 0 Å². The Hall–Kier alpha value is -6.12. The molecule has 2 nitrogen and oxygen atoms in total. The van der Waals surface area contributed by atoms with Gasteiger partial charge in [-0.05, 0) is 63.4 Å². The number of furan rings is 1. The lowest BCUT2D eigenvalue weighted by molar-refractivity contribution is 0.669. The Kier molecular flexibility index (Phi) is 6.17. The van der Waals surface area contributed by atoms with Crippen LogP contribution in [0.25, 0.3) is 65.7 Å². The van der Waals surface area contributed by atoms with Gasteiger partial charge < -0.3 is 9.32 Å². The lowest BCUT2D eigenvalue weighted by Gasteiger charge is -2.27. The van der Waals surface area contributed by atoms with Crippen LogP contribution in [0.4, 0.5) is 17.1 Å². The summed E-state index contributed by atoms with van der Waals surface area (Å²) in [5.41, 5.74) is 9.80. The van der Waals surface area contributed by atoms with Crippen molar-refractivity contribution in [3.05, 3.63) is 176 Å². The fraction of sp³-hybridized carbons (Fsp3) is 0. The molecule has 0 aliphatic rings. The Labute approximate surface area is 267 Å². The Morgan fingerprint density at radius 2 is 0.870 bits per heavy atom. The molecule has 9 aromatic rings. The molecule has 0 fully saturated rings. The number of fused-ring (bicyclic) bond motifs is 7. The molecule has 0 N–H and O–H groups in total. The van der Waals surface area contributed by atoms with Crippen molar-refractivity contribution in [3.63, 3.8) is 0 Å². The molecule has 216 valence electrons. The quantitative estimate of drug-likeness (QED) is 0.186. The summed E-state index contributed by atoms with van der Waals surface area (Å²) >= 11 is 0. The van der Waals surface area contributed by atoms with Crippen molar-refractivity contribution in [2.75, 3.05) is 4.90 Å². The maximum absolute atomic E-state index is 6.60. The summed E-state index contributed by atoms with van der Waals surface area (Å²) in [4.78, 5) is 2.37. The van der Waals surface area contributed by atoms with Crippen molar-refractivity contribution in [1.82, 2.24) is 0 Å². The standard InChI is InChI=1S/C44H29NO/c1-3-11-30(12-4-1)32-19-24-35(25-20-32)45(36-26-21-33(22-27-36)31-13-5-2-6-14-31)40-29-42-44(39-17-9-10-18-41(39)46-42)43-37-16-8-7-15-34(37)23-28-38(40)43/h1-29H. The topological polar surface area (TPSA) is 16.4 Å². The van der Waals surface area contributed by atoms with Gasteiger partial charge in [0.2, 0.25) is 0 Å². The SMILES string of the molecule is c1ccc(-c2ccc(N(c3ccc(-c4ccccc4)cc3)c3cc4oc5ccccc5c4c4c3ccc3ccccc34)cc2)cc1. The predicted octanol–water partition coefficient (Wildman–Crippen LogP) is 12.7. The maximum Gasteiger partial charge on any atom is 0.138 e. The van der Waals surface area contributed by atoms with Crippen molar-refractivity contribution in [2.24, 2.45) is 0 Å². The molecule has 1 heterocycles. The fourth-order valence-corrected chi connectivity index (χ4v) is 6.86. The van der Waals surface area contributed by atoms with Gasteiger partial charge in [0.25, 0.3) is 0 Å². The molecule has 0 amide bonds. The summed E-state index contributed by atoms with van der Waals surface area (Å²) < 4.78 is 6.60. The van der Waals surface area contributed by atoms with Gasteiger partial charge in [0, 0.05) is 39.0 Å². The van der Waals surface area contributed by atoms with E-state index in [0.29, 0.717) is 0 Å². The lowest BCUT2D eigenvalue weighted by atomic mass is 9.95. The Morgan fingerprint density at radius 1 is 0.348 bits per heavy atom. The van der Waals surface area contributed by atoms with E-state index in [2.05, 4.69) is 175 Å². The molecule has 0 atom stereocenters. The van der Waals surface area contributed by atoms with Crippen LogP contribution in [-0.4, -0.2) is 0 Å². The monoisotopic (exact) mass is 587 g/mol. The molecule has 0 bridgehead atoms. The smallest absolute Gasteiger partial charge is 0.138 e. The van der Waals surface area contributed by atoms with Gasteiger partial charge in [-0.3, -0.25) is 0 Å². The average Bonchev–Trinajstić information content (AvgIpc) is 3.51. The van der Waals surface area contributed by atoms with Gasteiger partial charge in [0.05, 0.1) is 5.69 Å². The van der Waals surface area contributed by atoms with Crippen LogP contribution in [0.3, 0.4) is 0 Å². The van der Waals surface area contributed by atoms with Gasteiger partial charge in [-0.2, -0.15) is 0 Å². The first-order valence-electron chi connectivity index (χ1n) is 15.7. The number of nitrogens with zero attached hydrogens (tertiary/aromatic N) is 1. The van der Waals surface area contributed by atoms with Crippen molar-refractivity contribution < 1.29 is 4.42 Å². The van der Waals surface area contributed by atoms with E-state index in [-0.39, 0.29) is 0 Å². The van der Waals surface area contributed by atoms with Crippen LogP contribution in [0.1, 0.15) is 0 Å². The molecule has 0 aliphatic carbocycles. The second kappa shape index (κ2) is 10.8. The van der Waals surface area contributed by atoms with Crippen molar-refractivity contribution >= 4 is 60.5 Å². The fourth-order valence-electron chi connectivity index (χ4n) is 6.86. The van der Waals surface area contributed by atoms with E-state index in [1.165, 1.54) is 43.8 Å². The number of para-hydroxylation sites is 1. The highest BCUT2D eigenvalue weighted by molar-refractivity contribution is 6.29. The average molecular weight is 588 g/mol. The number of anilines is 3. The minimum absolute atomic E-state index is 0.881. The molecule has 8 aromatic carbocycles. The van der Waals surface area contributed by atoms with Crippen molar-refractivity contribution in [2.45, 2.75) is 0 Å². The first kappa shape index (κ1) is 26.3. The number of hydrogen-bond acceptors (Lipinski definition) is 2. The van der Waals surface area contributed by atoms with E-state index in [4.69, 9.17) is 4.42 Å². The summed E-state index contributed by atoms with van der Waals surface area (Å²) in [7, 11) is 0. The molecular formula is C44H29NO. The third-order valence-corrected chi connectivity index (χ3v) is 9.05. The molecule has 0 spiro atoms. The number of rotatable bonds is 5. The third-order valence-electron chi connectivity index (χ3n) is 9.05. The highest BCUT2D eigenvalue weighted by atomic mass is 16.3. The van der Waals surface area contributed by atoms with Crippen LogP contribution >= 0.6 is 0 Å². The van der Waals surface area contributed by atoms with Crippen LogP contribution in [0.15, 0.2) is 180 Å². The molecule has 0 saturated heterocycles. The van der Waals surface area contributed by atoms with E-state index in [0.717, 1.165) is 39.0 Å². The van der Waals surface area contributed by atoms with Crippen LogP contribution in [0.2, 0.25) is 0 Å². The predicted molar refractivity (Wildman–Crippen MR) is 194 cm³/mol. The first-order valence-corrected chi connectivity index (χ1v) is 15.7. The summed E-state index contributed by atoms with van der Waals surface area (Å²) in [6.45, 7) is 0. The third kappa shape index (κ3) is 4.35. The molecule has 0 saturated carbocycles. The zero-order chi connectivity index (χ0) is 30.5. The zero-order valence-electron chi connectivity index (χ0n) is 25.1. The molecule has 2 heteroatoms. The molecule has 0 unspecified atom stereocenters. The summed E-state index contributed by atoms with van der Waals surface area (Å²) in [5, 5.41) is 7.11. The highest BCUT2D eigenvalue weighted by Crippen LogP contribution is 2.47. The maximum atomic E-state index is 6.60. The lowest BCUT2D eigenvalue weighted by Crippen LogP contribution is -2.10. The normalized spacial score (nSPS) is 11.5. The van der Waals surface area contributed by atoms with E-state index in [1.54, 1.807) is 0 Å². The van der Waals surface area contributed by atoms with E-state index in [1.807, 2.05) is 6.07 Å². The van der Waals surface area contributed by atoms with Gasteiger partial charge in [-0.1, -0.05) is 140 Å². The molecule has 1 aromatic heterocycles. The second-order valence-corrected chi connectivity index (χ2v) is 11.7.